The van der Waals surface area contributed by atoms with Gasteiger partial charge in [-0.1, -0.05) is 30.3 Å². The van der Waals surface area contributed by atoms with Gasteiger partial charge in [0.05, 0.1) is 12.7 Å². The molecule has 0 N–H and O–H groups in total. The first-order valence-electron chi connectivity index (χ1n) is 9.41. The van der Waals surface area contributed by atoms with Crippen LogP contribution in [0.25, 0.3) is 0 Å². The number of ether oxygens (including phenoxy) is 1. The molecular formula is C22H22FNO3. The van der Waals surface area contributed by atoms with Crippen LogP contribution in [0, 0.1) is 11.7 Å². The highest BCUT2D eigenvalue weighted by Crippen LogP contribution is 2.40. The van der Waals surface area contributed by atoms with E-state index in [1.165, 1.54) is 29.2 Å². The predicted molar refractivity (Wildman–Crippen MR) is 98.3 cm³/mol. The van der Waals surface area contributed by atoms with Crippen LogP contribution in [0.2, 0.25) is 0 Å². The molecule has 5 heteroatoms. The van der Waals surface area contributed by atoms with Gasteiger partial charge in [-0.15, -0.1) is 0 Å². The van der Waals surface area contributed by atoms with E-state index in [0.717, 1.165) is 24.8 Å². The van der Waals surface area contributed by atoms with Crippen molar-refractivity contribution in [3.8, 4) is 0 Å². The smallest absolute Gasteiger partial charge is 0.260 e. The summed E-state index contributed by atoms with van der Waals surface area (Å²) >= 11 is 0. The molecule has 1 saturated carbocycles. The van der Waals surface area contributed by atoms with Crippen molar-refractivity contribution in [2.75, 3.05) is 0 Å². The molecule has 2 aromatic carbocycles. The summed E-state index contributed by atoms with van der Waals surface area (Å²) in [4.78, 5) is 26.8. The van der Waals surface area contributed by atoms with Gasteiger partial charge >= 0.3 is 0 Å². The number of nitrogens with zero attached hydrogens (tertiary/aromatic N) is 1. The van der Waals surface area contributed by atoms with E-state index in [0.29, 0.717) is 18.6 Å². The Labute approximate surface area is 157 Å². The lowest BCUT2D eigenvalue weighted by molar-refractivity contribution is -0.135. The molecular weight excluding hydrogens is 345 g/mol. The number of amides is 2. The number of hydrogen-bond donors (Lipinski definition) is 0. The standard InChI is InChI=1S/C22H22FNO3/c23-17-8-6-16(7-9-17)22(26)24-19-11-12-20(18(19)10-13-21(24)25)27-14-15-4-2-1-3-5-15/h1-9,18-20H,10-14H2. The quantitative estimate of drug-likeness (QED) is 0.769. The largest absolute Gasteiger partial charge is 0.373 e. The molecule has 140 valence electrons. The Morgan fingerprint density at radius 2 is 1.78 bits per heavy atom. The summed E-state index contributed by atoms with van der Waals surface area (Å²) in [6.07, 6.45) is 2.73. The Bertz CT molecular complexity index is 821. The first kappa shape index (κ1) is 17.9. The lowest BCUT2D eigenvalue weighted by Gasteiger charge is -2.37. The topological polar surface area (TPSA) is 46.6 Å². The zero-order valence-electron chi connectivity index (χ0n) is 15.0. The molecule has 2 fully saturated rings. The lowest BCUT2D eigenvalue weighted by Crippen LogP contribution is -2.51. The van der Waals surface area contributed by atoms with Gasteiger partial charge in [-0.2, -0.15) is 0 Å². The van der Waals surface area contributed by atoms with Crippen molar-refractivity contribution >= 4 is 11.8 Å². The van der Waals surface area contributed by atoms with Crippen molar-refractivity contribution in [3.05, 3.63) is 71.5 Å². The summed E-state index contributed by atoms with van der Waals surface area (Å²) in [6.45, 7) is 0.536. The average Bonchev–Trinajstić information content (AvgIpc) is 3.10. The molecule has 27 heavy (non-hydrogen) atoms. The van der Waals surface area contributed by atoms with Gasteiger partial charge in [0.15, 0.2) is 0 Å². The third-order valence-corrected chi connectivity index (χ3v) is 5.63. The molecule has 1 aliphatic carbocycles. The van der Waals surface area contributed by atoms with Crippen LogP contribution in [-0.4, -0.2) is 28.9 Å². The van der Waals surface area contributed by atoms with E-state index in [1.807, 2.05) is 30.3 Å². The van der Waals surface area contributed by atoms with Gasteiger partial charge in [-0.3, -0.25) is 14.5 Å². The van der Waals surface area contributed by atoms with Gasteiger partial charge in [0.25, 0.3) is 5.91 Å². The minimum absolute atomic E-state index is 0.0480. The van der Waals surface area contributed by atoms with Gasteiger partial charge in [-0.25, -0.2) is 4.39 Å². The first-order valence-corrected chi connectivity index (χ1v) is 9.41. The molecule has 0 bridgehead atoms. The fourth-order valence-electron chi connectivity index (χ4n) is 4.29. The number of fused-ring (bicyclic) bond motifs is 1. The number of carbonyl (C=O) groups excluding carboxylic acids is 2. The van der Waals surface area contributed by atoms with E-state index in [2.05, 4.69) is 0 Å². The van der Waals surface area contributed by atoms with Gasteiger partial charge in [-0.05, 0) is 49.1 Å². The summed E-state index contributed by atoms with van der Waals surface area (Å²) in [5, 5.41) is 0. The summed E-state index contributed by atoms with van der Waals surface area (Å²) < 4.78 is 19.3. The first-order chi connectivity index (χ1) is 13.1. The lowest BCUT2D eigenvalue weighted by atomic mass is 9.89. The molecule has 0 spiro atoms. The highest BCUT2D eigenvalue weighted by atomic mass is 19.1. The van der Waals surface area contributed by atoms with Crippen LogP contribution in [0.5, 0.6) is 0 Å². The fraction of sp³-hybridized carbons (Fsp3) is 0.364. The highest BCUT2D eigenvalue weighted by molar-refractivity contribution is 6.05. The zero-order valence-corrected chi connectivity index (χ0v) is 15.0. The second kappa shape index (κ2) is 7.61. The van der Waals surface area contributed by atoms with E-state index in [1.54, 1.807) is 0 Å². The molecule has 2 aromatic rings. The number of rotatable bonds is 4. The number of imide groups is 1. The second-order valence-corrected chi connectivity index (χ2v) is 7.26. The van der Waals surface area contributed by atoms with Gasteiger partial charge in [0.2, 0.25) is 5.91 Å². The number of halogens is 1. The van der Waals surface area contributed by atoms with Crippen LogP contribution >= 0.6 is 0 Å². The molecule has 1 heterocycles. The Hall–Kier alpha value is -2.53. The van der Waals surface area contributed by atoms with Crippen LogP contribution < -0.4 is 0 Å². The molecule has 1 aliphatic heterocycles. The van der Waals surface area contributed by atoms with Crippen LogP contribution in [0.1, 0.15) is 41.6 Å². The van der Waals surface area contributed by atoms with E-state index < -0.39 is 5.82 Å². The van der Waals surface area contributed by atoms with Gasteiger partial charge < -0.3 is 4.74 Å². The van der Waals surface area contributed by atoms with Crippen molar-refractivity contribution in [1.82, 2.24) is 4.90 Å². The molecule has 4 rings (SSSR count). The highest BCUT2D eigenvalue weighted by Gasteiger charge is 2.47. The van der Waals surface area contributed by atoms with Crippen molar-refractivity contribution in [2.45, 2.75) is 44.4 Å². The second-order valence-electron chi connectivity index (χ2n) is 7.26. The van der Waals surface area contributed by atoms with Crippen LogP contribution in [0.15, 0.2) is 54.6 Å². The molecule has 2 aliphatic rings. The molecule has 3 atom stereocenters. The van der Waals surface area contributed by atoms with E-state index in [4.69, 9.17) is 4.74 Å². The number of benzene rings is 2. The maximum Gasteiger partial charge on any atom is 0.260 e. The van der Waals surface area contributed by atoms with Crippen LogP contribution in [-0.2, 0) is 16.1 Å². The maximum absolute atomic E-state index is 13.2. The van der Waals surface area contributed by atoms with E-state index >= 15 is 0 Å². The number of piperidine rings is 1. The number of likely N-dealkylation sites (tertiary alicyclic amines) is 1. The normalized spacial score (nSPS) is 24.7. The van der Waals surface area contributed by atoms with Crippen molar-refractivity contribution in [1.29, 1.82) is 0 Å². The van der Waals surface area contributed by atoms with Gasteiger partial charge in [0.1, 0.15) is 5.82 Å². The van der Waals surface area contributed by atoms with Gasteiger partial charge in [0, 0.05) is 23.9 Å². The monoisotopic (exact) mass is 367 g/mol. The minimum atomic E-state index is -0.398. The third-order valence-electron chi connectivity index (χ3n) is 5.63. The number of carbonyl (C=O) groups is 2. The molecule has 4 nitrogen and oxygen atoms in total. The van der Waals surface area contributed by atoms with Crippen molar-refractivity contribution in [3.63, 3.8) is 0 Å². The molecule has 0 radical (unpaired) electrons. The number of hydrogen-bond acceptors (Lipinski definition) is 3. The summed E-state index contributed by atoms with van der Waals surface area (Å²) in [6, 6.07) is 15.2. The zero-order chi connectivity index (χ0) is 18.8. The Balaban J connectivity index is 1.47. The maximum atomic E-state index is 13.2. The molecule has 2 amide bonds. The minimum Gasteiger partial charge on any atom is -0.373 e. The van der Waals surface area contributed by atoms with Crippen LogP contribution in [0.3, 0.4) is 0 Å². The van der Waals surface area contributed by atoms with Crippen molar-refractivity contribution in [2.24, 2.45) is 5.92 Å². The molecule has 3 unspecified atom stereocenters. The Morgan fingerprint density at radius 1 is 1.04 bits per heavy atom. The van der Waals surface area contributed by atoms with Crippen LogP contribution in [0.4, 0.5) is 4.39 Å². The summed E-state index contributed by atoms with van der Waals surface area (Å²) in [5.41, 5.74) is 1.46. The fourth-order valence-corrected chi connectivity index (χ4v) is 4.29. The van der Waals surface area contributed by atoms with E-state index in [9.17, 15) is 14.0 Å². The predicted octanol–water partition coefficient (Wildman–Crippen LogP) is 3.95. The third kappa shape index (κ3) is 3.65. The summed E-state index contributed by atoms with van der Waals surface area (Å²) in [5.74, 6) is -0.715. The SMILES string of the molecule is O=C1CCC2C(OCc3ccccc3)CCC2N1C(=O)c1ccc(F)cc1. The molecule has 0 aromatic heterocycles. The molecule has 1 saturated heterocycles. The average molecular weight is 367 g/mol. The van der Waals surface area contributed by atoms with Crippen molar-refractivity contribution < 1.29 is 18.7 Å². The summed E-state index contributed by atoms with van der Waals surface area (Å²) in [7, 11) is 0. The van der Waals surface area contributed by atoms with E-state index in [-0.39, 0.29) is 29.9 Å². The Kier molecular flexibility index (Phi) is 5.03. The Morgan fingerprint density at radius 3 is 2.52 bits per heavy atom.